The second kappa shape index (κ2) is 7.64. The number of β-amino-alcohol motifs (C(OH)–C–C–N with tert-alkyl or cyclic N) is 1. The van der Waals surface area contributed by atoms with Crippen LogP contribution in [0.3, 0.4) is 0 Å². The van der Waals surface area contributed by atoms with Crippen LogP contribution in [0.25, 0.3) is 0 Å². The van der Waals surface area contributed by atoms with E-state index in [4.69, 9.17) is 0 Å². The lowest BCUT2D eigenvalue weighted by atomic mass is 9.89. The Morgan fingerprint density at radius 1 is 1.00 bits per heavy atom. The van der Waals surface area contributed by atoms with Crippen molar-refractivity contribution < 1.29 is 5.11 Å². The lowest BCUT2D eigenvalue weighted by molar-refractivity contribution is 0.0918. The second-order valence-electron chi connectivity index (χ2n) is 7.28. The molecule has 0 aromatic heterocycles. The predicted octanol–water partition coefficient (Wildman–Crippen LogP) is 3.69. The van der Waals surface area contributed by atoms with Gasteiger partial charge in [0.05, 0.1) is 6.10 Å². The van der Waals surface area contributed by atoms with E-state index in [2.05, 4.69) is 18.7 Å². The summed E-state index contributed by atoms with van der Waals surface area (Å²) in [5, 5.41) is 10.3. The summed E-state index contributed by atoms with van der Waals surface area (Å²) in [5.41, 5.74) is 0. The van der Waals surface area contributed by atoms with Gasteiger partial charge in [-0.15, -0.1) is 0 Å². The molecule has 0 radical (unpaired) electrons. The first-order valence-corrected chi connectivity index (χ1v) is 8.55. The Morgan fingerprint density at radius 2 is 1.74 bits per heavy atom. The largest absolute Gasteiger partial charge is 0.392 e. The van der Waals surface area contributed by atoms with Gasteiger partial charge in [-0.2, -0.15) is 0 Å². The Balaban J connectivity index is 1.69. The number of nitrogens with zero attached hydrogens (tertiary/aromatic N) is 1. The zero-order chi connectivity index (χ0) is 13.7. The van der Waals surface area contributed by atoms with Crippen molar-refractivity contribution in [3.63, 3.8) is 0 Å². The van der Waals surface area contributed by atoms with Crippen molar-refractivity contribution in [2.75, 3.05) is 19.6 Å². The van der Waals surface area contributed by atoms with Crippen LogP contribution >= 0.6 is 0 Å². The van der Waals surface area contributed by atoms with E-state index in [1.54, 1.807) is 0 Å². The Bertz CT molecular complexity index is 248. The molecule has 0 aromatic rings. The lowest BCUT2D eigenvalue weighted by Crippen LogP contribution is -2.34. The van der Waals surface area contributed by atoms with Gasteiger partial charge in [0.15, 0.2) is 0 Å². The van der Waals surface area contributed by atoms with Gasteiger partial charge < -0.3 is 10.0 Å². The maximum atomic E-state index is 10.3. The molecule has 1 saturated carbocycles. The smallest absolute Gasteiger partial charge is 0.0669 e. The maximum Gasteiger partial charge on any atom is 0.0669 e. The van der Waals surface area contributed by atoms with Crippen LogP contribution in [0.2, 0.25) is 0 Å². The Labute approximate surface area is 119 Å². The molecule has 1 saturated heterocycles. The first-order chi connectivity index (χ1) is 9.15. The highest BCUT2D eigenvalue weighted by Gasteiger charge is 2.23. The van der Waals surface area contributed by atoms with Crippen LogP contribution in [0.15, 0.2) is 0 Å². The van der Waals surface area contributed by atoms with Gasteiger partial charge in [-0.1, -0.05) is 39.5 Å². The topological polar surface area (TPSA) is 23.5 Å². The minimum absolute atomic E-state index is 0.0845. The van der Waals surface area contributed by atoms with Crippen molar-refractivity contribution in [2.45, 2.75) is 71.3 Å². The van der Waals surface area contributed by atoms with Gasteiger partial charge in [-0.05, 0) is 56.5 Å². The fourth-order valence-corrected chi connectivity index (χ4v) is 4.03. The fourth-order valence-electron chi connectivity index (χ4n) is 4.03. The van der Waals surface area contributed by atoms with Crippen molar-refractivity contribution in [3.8, 4) is 0 Å². The number of aliphatic hydroxyl groups excluding tert-OH is 1. The summed E-state index contributed by atoms with van der Waals surface area (Å²) >= 11 is 0. The van der Waals surface area contributed by atoms with Gasteiger partial charge in [-0.3, -0.25) is 0 Å². The summed E-state index contributed by atoms with van der Waals surface area (Å²) in [7, 11) is 0. The molecule has 1 aliphatic carbocycles. The van der Waals surface area contributed by atoms with Gasteiger partial charge in [0.25, 0.3) is 0 Å². The normalized spacial score (nSPS) is 28.7. The highest BCUT2D eigenvalue weighted by molar-refractivity contribution is 4.76. The molecule has 1 aliphatic heterocycles. The third-order valence-corrected chi connectivity index (χ3v) is 5.36. The molecule has 2 aliphatic rings. The Hall–Kier alpha value is -0.0800. The summed E-state index contributed by atoms with van der Waals surface area (Å²) < 4.78 is 0. The van der Waals surface area contributed by atoms with E-state index in [0.717, 1.165) is 30.7 Å². The molecule has 2 rings (SSSR count). The highest BCUT2D eigenvalue weighted by atomic mass is 16.3. The van der Waals surface area contributed by atoms with E-state index in [0.29, 0.717) is 0 Å². The van der Waals surface area contributed by atoms with E-state index in [1.165, 1.54) is 58.0 Å². The van der Waals surface area contributed by atoms with Crippen LogP contribution in [-0.2, 0) is 0 Å². The molecule has 1 heterocycles. The van der Waals surface area contributed by atoms with Gasteiger partial charge >= 0.3 is 0 Å². The van der Waals surface area contributed by atoms with Crippen LogP contribution in [0, 0.1) is 17.8 Å². The Kier molecular flexibility index (Phi) is 6.15. The number of aliphatic hydroxyl groups is 1. The minimum Gasteiger partial charge on any atom is -0.392 e. The summed E-state index contributed by atoms with van der Waals surface area (Å²) in [6, 6.07) is 0. The van der Waals surface area contributed by atoms with Gasteiger partial charge in [0, 0.05) is 6.54 Å². The molecule has 0 aromatic carbocycles. The van der Waals surface area contributed by atoms with E-state index < -0.39 is 0 Å². The number of hydrogen-bond acceptors (Lipinski definition) is 2. The molecule has 2 atom stereocenters. The summed E-state index contributed by atoms with van der Waals surface area (Å²) in [6.45, 7) is 8.03. The van der Waals surface area contributed by atoms with Crippen molar-refractivity contribution in [2.24, 2.45) is 17.8 Å². The van der Waals surface area contributed by atoms with Crippen LogP contribution in [0.5, 0.6) is 0 Å². The van der Waals surface area contributed by atoms with Gasteiger partial charge in [0.2, 0.25) is 0 Å². The van der Waals surface area contributed by atoms with Crippen molar-refractivity contribution in [3.05, 3.63) is 0 Å². The van der Waals surface area contributed by atoms with Crippen molar-refractivity contribution >= 4 is 0 Å². The van der Waals surface area contributed by atoms with E-state index in [-0.39, 0.29) is 6.10 Å². The number of likely N-dealkylation sites (tertiary alicyclic amines) is 1. The molecule has 2 unspecified atom stereocenters. The molecule has 0 amide bonds. The van der Waals surface area contributed by atoms with Crippen molar-refractivity contribution in [1.82, 2.24) is 4.90 Å². The first-order valence-electron chi connectivity index (χ1n) is 8.55. The molecule has 2 fully saturated rings. The highest BCUT2D eigenvalue weighted by Crippen LogP contribution is 2.29. The summed E-state index contributed by atoms with van der Waals surface area (Å²) in [6.07, 6.45) is 10.5. The molecule has 2 nitrogen and oxygen atoms in total. The summed E-state index contributed by atoms with van der Waals surface area (Å²) in [5.74, 6) is 2.53. The third kappa shape index (κ3) is 5.07. The minimum atomic E-state index is -0.0845. The zero-order valence-electron chi connectivity index (χ0n) is 13.0. The lowest BCUT2D eigenvalue weighted by Gasteiger charge is -2.25. The molecule has 0 spiro atoms. The van der Waals surface area contributed by atoms with E-state index in [9.17, 15) is 5.11 Å². The van der Waals surface area contributed by atoms with Gasteiger partial charge in [-0.25, -0.2) is 0 Å². The van der Waals surface area contributed by atoms with E-state index >= 15 is 0 Å². The molecule has 112 valence electrons. The van der Waals surface area contributed by atoms with Crippen LogP contribution in [0.1, 0.15) is 65.2 Å². The molecule has 0 bridgehead atoms. The number of rotatable bonds is 5. The molecule has 2 heteroatoms. The number of hydrogen-bond donors (Lipinski definition) is 1. The van der Waals surface area contributed by atoms with Crippen LogP contribution in [-0.4, -0.2) is 35.7 Å². The fraction of sp³-hybridized carbons (Fsp3) is 1.00. The Morgan fingerprint density at radius 3 is 2.42 bits per heavy atom. The average Bonchev–Trinajstić information content (AvgIpc) is 2.73. The predicted molar refractivity (Wildman–Crippen MR) is 81.2 cm³/mol. The monoisotopic (exact) mass is 267 g/mol. The molecule has 19 heavy (non-hydrogen) atoms. The molecular weight excluding hydrogens is 234 g/mol. The van der Waals surface area contributed by atoms with E-state index in [1.807, 2.05) is 0 Å². The third-order valence-electron chi connectivity index (χ3n) is 5.36. The van der Waals surface area contributed by atoms with Crippen molar-refractivity contribution in [1.29, 1.82) is 0 Å². The maximum absolute atomic E-state index is 10.3. The average molecular weight is 267 g/mol. The first kappa shape index (κ1) is 15.3. The standard InChI is InChI=1S/C17H33NO/c1-14(2)16-8-5-10-18(11-9-16)13-17(19)12-15-6-3-4-7-15/h14-17,19H,3-13H2,1-2H3. The second-order valence-corrected chi connectivity index (χ2v) is 7.28. The van der Waals surface area contributed by atoms with Gasteiger partial charge in [0.1, 0.15) is 0 Å². The molecular formula is C17H33NO. The van der Waals surface area contributed by atoms with Crippen LogP contribution < -0.4 is 0 Å². The SMILES string of the molecule is CC(C)C1CCCN(CC(O)CC2CCCC2)CC1. The molecule has 1 N–H and O–H groups in total. The zero-order valence-corrected chi connectivity index (χ0v) is 13.0. The quantitative estimate of drug-likeness (QED) is 0.821. The summed E-state index contributed by atoms with van der Waals surface area (Å²) in [4.78, 5) is 2.52. The van der Waals surface area contributed by atoms with Crippen LogP contribution in [0.4, 0.5) is 0 Å².